The van der Waals surface area contributed by atoms with Gasteiger partial charge in [0, 0.05) is 31.9 Å². The van der Waals surface area contributed by atoms with Crippen molar-refractivity contribution >= 4 is 29.3 Å². The fourth-order valence-corrected chi connectivity index (χ4v) is 3.02. The minimum Gasteiger partial charge on any atom is -0.497 e. The number of nitrogens with one attached hydrogen (secondary N) is 1. The van der Waals surface area contributed by atoms with Crippen LogP contribution in [0.5, 0.6) is 5.75 Å². The zero-order chi connectivity index (χ0) is 17.7. The van der Waals surface area contributed by atoms with Gasteiger partial charge in [0.05, 0.1) is 12.9 Å². The molecule has 1 aromatic carbocycles. The Morgan fingerprint density at radius 1 is 1.38 bits per heavy atom. The molecule has 1 heterocycles. The van der Waals surface area contributed by atoms with Gasteiger partial charge in [-0.25, -0.2) is 0 Å². The summed E-state index contributed by atoms with van der Waals surface area (Å²) < 4.78 is 7.17. The smallest absolute Gasteiger partial charge is 0.234 e. The molecule has 2 rings (SSSR count). The van der Waals surface area contributed by atoms with E-state index in [2.05, 4.69) is 29.4 Å². The molecule has 2 aromatic rings. The van der Waals surface area contributed by atoms with Crippen LogP contribution < -0.4 is 15.0 Å². The molecule has 0 fully saturated rings. The molecule has 0 radical (unpaired) electrons. The molecule has 130 valence electrons. The van der Waals surface area contributed by atoms with E-state index in [0.29, 0.717) is 11.4 Å². The van der Waals surface area contributed by atoms with Crippen molar-refractivity contribution in [2.24, 2.45) is 0 Å². The number of hydrogen-bond acceptors (Lipinski definition) is 6. The maximum Gasteiger partial charge on any atom is 0.234 e. The van der Waals surface area contributed by atoms with Gasteiger partial charge in [-0.3, -0.25) is 9.36 Å². The molecular formula is C16H23N5O2S. The van der Waals surface area contributed by atoms with Gasteiger partial charge in [-0.05, 0) is 26.0 Å². The molecule has 24 heavy (non-hydrogen) atoms. The van der Waals surface area contributed by atoms with Crippen molar-refractivity contribution in [3.63, 3.8) is 0 Å². The van der Waals surface area contributed by atoms with Crippen LogP contribution in [0, 0.1) is 0 Å². The van der Waals surface area contributed by atoms with Crippen molar-refractivity contribution < 1.29 is 9.53 Å². The number of thioether (sulfide) groups is 1. The Morgan fingerprint density at radius 3 is 2.75 bits per heavy atom. The van der Waals surface area contributed by atoms with Gasteiger partial charge in [0.2, 0.25) is 11.9 Å². The SMILES string of the molecule is COc1cccc(NC(=O)CSc2nnc(N(C)C)n2C(C)C)c1. The van der Waals surface area contributed by atoms with Gasteiger partial charge in [-0.1, -0.05) is 17.8 Å². The fraction of sp³-hybridized carbons (Fsp3) is 0.438. The molecule has 0 bridgehead atoms. The van der Waals surface area contributed by atoms with Crippen molar-refractivity contribution in [2.75, 3.05) is 37.2 Å². The second-order valence-electron chi connectivity index (χ2n) is 5.71. The van der Waals surface area contributed by atoms with Crippen LogP contribution in [-0.4, -0.2) is 47.6 Å². The average molecular weight is 349 g/mol. The first-order chi connectivity index (χ1) is 11.4. The summed E-state index contributed by atoms with van der Waals surface area (Å²) >= 11 is 1.37. The summed E-state index contributed by atoms with van der Waals surface area (Å²) in [4.78, 5) is 14.1. The molecule has 8 heteroatoms. The number of aromatic nitrogens is 3. The summed E-state index contributed by atoms with van der Waals surface area (Å²) in [7, 11) is 5.44. The third-order valence-electron chi connectivity index (χ3n) is 3.25. The van der Waals surface area contributed by atoms with E-state index in [0.717, 1.165) is 11.1 Å². The first kappa shape index (κ1) is 18.1. The van der Waals surface area contributed by atoms with Crippen LogP contribution in [0.25, 0.3) is 0 Å². The number of benzene rings is 1. The molecule has 0 saturated heterocycles. The zero-order valence-electron chi connectivity index (χ0n) is 14.6. The van der Waals surface area contributed by atoms with E-state index in [9.17, 15) is 4.79 Å². The van der Waals surface area contributed by atoms with E-state index >= 15 is 0 Å². The van der Waals surface area contributed by atoms with E-state index in [1.807, 2.05) is 41.8 Å². The minimum atomic E-state index is -0.0991. The second kappa shape index (κ2) is 8.05. The maximum absolute atomic E-state index is 12.2. The molecule has 0 aliphatic heterocycles. The van der Waals surface area contributed by atoms with Gasteiger partial charge in [0.1, 0.15) is 5.75 Å². The van der Waals surface area contributed by atoms with E-state index in [1.165, 1.54) is 11.8 Å². The molecule has 7 nitrogen and oxygen atoms in total. The summed E-state index contributed by atoms with van der Waals surface area (Å²) in [5.74, 6) is 1.64. The Kier molecular flexibility index (Phi) is 6.08. The minimum absolute atomic E-state index is 0.0991. The third kappa shape index (κ3) is 4.41. The van der Waals surface area contributed by atoms with E-state index in [-0.39, 0.29) is 17.7 Å². The second-order valence-corrected chi connectivity index (χ2v) is 6.65. The van der Waals surface area contributed by atoms with E-state index in [4.69, 9.17) is 4.74 Å². The zero-order valence-corrected chi connectivity index (χ0v) is 15.4. The predicted molar refractivity (Wildman–Crippen MR) is 97.1 cm³/mol. The van der Waals surface area contributed by atoms with Gasteiger partial charge in [0.25, 0.3) is 0 Å². The first-order valence-electron chi connectivity index (χ1n) is 7.61. The normalized spacial score (nSPS) is 10.8. The van der Waals surface area contributed by atoms with Crippen LogP contribution in [0.2, 0.25) is 0 Å². The summed E-state index contributed by atoms with van der Waals surface area (Å²) in [6, 6.07) is 7.48. The molecule has 0 spiro atoms. The fourth-order valence-electron chi connectivity index (χ4n) is 2.15. The summed E-state index contributed by atoms with van der Waals surface area (Å²) in [5, 5.41) is 12.0. The average Bonchev–Trinajstić information content (AvgIpc) is 2.97. The van der Waals surface area contributed by atoms with Crippen molar-refractivity contribution in [2.45, 2.75) is 25.0 Å². The Morgan fingerprint density at radius 2 is 2.12 bits per heavy atom. The number of amides is 1. The quantitative estimate of drug-likeness (QED) is 0.775. The summed E-state index contributed by atoms with van der Waals surface area (Å²) in [6.45, 7) is 4.13. The molecule has 0 atom stereocenters. The Labute approximate surface area is 146 Å². The highest BCUT2D eigenvalue weighted by atomic mass is 32.2. The third-order valence-corrected chi connectivity index (χ3v) is 4.19. The van der Waals surface area contributed by atoms with E-state index in [1.54, 1.807) is 13.2 Å². The number of hydrogen-bond donors (Lipinski definition) is 1. The molecule has 0 aliphatic rings. The van der Waals surface area contributed by atoms with Crippen LogP contribution in [-0.2, 0) is 4.79 Å². The van der Waals surface area contributed by atoms with E-state index < -0.39 is 0 Å². The number of methoxy groups -OCH3 is 1. The Bertz CT molecular complexity index is 700. The lowest BCUT2D eigenvalue weighted by molar-refractivity contribution is -0.113. The number of nitrogens with zero attached hydrogens (tertiary/aromatic N) is 4. The van der Waals surface area contributed by atoms with Crippen LogP contribution in [0.1, 0.15) is 19.9 Å². The topological polar surface area (TPSA) is 72.3 Å². The van der Waals surface area contributed by atoms with Crippen LogP contribution >= 0.6 is 11.8 Å². The molecule has 0 saturated carbocycles. The van der Waals surface area contributed by atoms with Gasteiger partial charge < -0.3 is 15.0 Å². The lowest BCUT2D eigenvalue weighted by Crippen LogP contribution is -2.18. The molecular weight excluding hydrogens is 326 g/mol. The number of anilines is 2. The van der Waals surface area contributed by atoms with Crippen molar-refractivity contribution in [3.8, 4) is 5.75 Å². The predicted octanol–water partition coefficient (Wildman–Crippen LogP) is 2.66. The van der Waals surface area contributed by atoms with Gasteiger partial charge in [-0.15, -0.1) is 10.2 Å². The van der Waals surface area contributed by atoms with Crippen LogP contribution in [0.4, 0.5) is 11.6 Å². The standard InChI is InChI=1S/C16H23N5O2S/c1-11(2)21-15(20(3)4)18-19-16(21)24-10-14(22)17-12-7-6-8-13(9-12)23-5/h6-9,11H,10H2,1-5H3,(H,17,22). The largest absolute Gasteiger partial charge is 0.497 e. The summed E-state index contributed by atoms with van der Waals surface area (Å²) in [6.07, 6.45) is 0. The number of carbonyl (C=O) groups is 1. The van der Waals surface area contributed by atoms with Crippen molar-refractivity contribution in [1.82, 2.24) is 14.8 Å². The first-order valence-corrected chi connectivity index (χ1v) is 8.60. The highest BCUT2D eigenvalue weighted by molar-refractivity contribution is 7.99. The highest BCUT2D eigenvalue weighted by Gasteiger charge is 2.17. The van der Waals surface area contributed by atoms with Gasteiger partial charge in [0.15, 0.2) is 5.16 Å². The Balaban J connectivity index is 2.01. The molecule has 1 amide bonds. The number of rotatable bonds is 7. The lowest BCUT2D eigenvalue weighted by atomic mass is 10.3. The molecule has 1 aromatic heterocycles. The van der Waals surface area contributed by atoms with Gasteiger partial charge >= 0.3 is 0 Å². The van der Waals surface area contributed by atoms with Crippen LogP contribution in [0.3, 0.4) is 0 Å². The van der Waals surface area contributed by atoms with Crippen molar-refractivity contribution in [3.05, 3.63) is 24.3 Å². The number of carbonyl (C=O) groups excluding carboxylic acids is 1. The molecule has 0 aliphatic carbocycles. The molecule has 0 unspecified atom stereocenters. The summed E-state index contributed by atoms with van der Waals surface area (Å²) in [5.41, 5.74) is 0.708. The van der Waals surface area contributed by atoms with Crippen molar-refractivity contribution in [1.29, 1.82) is 0 Å². The molecule has 1 N–H and O–H groups in total. The van der Waals surface area contributed by atoms with Gasteiger partial charge in [-0.2, -0.15) is 0 Å². The monoisotopic (exact) mass is 349 g/mol. The lowest BCUT2D eigenvalue weighted by Gasteiger charge is -2.17. The Hall–Kier alpha value is -2.22. The number of ether oxygens (including phenoxy) is 1. The highest BCUT2D eigenvalue weighted by Crippen LogP contribution is 2.25. The van der Waals surface area contributed by atoms with Crippen LogP contribution in [0.15, 0.2) is 29.4 Å². The maximum atomic E-state index is 12.2.